The van der Waals surface area contributed by atoms with Crippen LogP contribution in [0.5, 0.6) is 0 Å². The van der Waals surface area contributed by atoms with Crippen molar-refractivity contribution >= 4 is 17.4 Å². The van der Waals surface area contributed by atoms with Crippen LogP contribution in [0.4, 0.5) is 5.82 Å². The molecule has 22 heavy (non-hydrogen) atoms. The van der Waals surface area contributed by atoms with Gasteiger partial charge in [-0.05, 0) is 17.7 Å². The number of anilines is 1. The molecule has 112 valence electrons. The number of benzene rings is 1. The van der Waals surface area contributed by atoms with Crippen molar-refractivity contribution < 1.29 is 4.79 Å². The zero-order valence-corrected chi connectivity index (χ0v) is 12.8. The molecule has 1 amide bonds. The third-order valence-corrected chi connectivity index (χ3v) is 3.58. The van der Waals surface area contributed by atoms with Gasteiger partial charge in [-0.3, -0.25) is 9.20 Å². The van der Waals surface area contributed by atoms with Gasteiger partial charge in [-0.25, -0.2) is 4.98 Å². The Morgan fingerprint density at radius 1 is 1.14 bits per heavy atom. The molecule has 0 unspecified atom stereocenters. The van der Waals surface area contributed by atoms with Gasteiger partial charge in [0, 0.05) is 18.5 Å². The summed E-state index contributed by atoms with van der Waals surface area (Å²) in [5, 5.41) is 3.01. The number of rotatable bonds is 4. The molecule has 4 nitrogen and oxygen atoms in total. The molecule has 0 bridgehead atoms. The first-order chi connectivity index (χ1) is 10.6. The molecule has 2 aromatic heterocycles. The summed E-state index contributed by atoms with van der Waals surface area (Å²) in [6, 6.07) is 16.0. The van der Waals surface area contributed by atoms with Crippen LogP contribution in [0.25, 0.3) is 5.65 Å². The average Bonchev–Trinajstić information content (AvgIpc) is 2.86. The zero-order chi connectivity index (χ0) is 15.5. The predicted octanol–water partition coefficient (Wildman–Crippen LogP) is 3.52. The zero-order valence-electron chi connectivity index (χ0n) is 12.8. The summed E-state index contributed by atoms with van der Waals surface area (Å²) in [4.78, 5) is 16.8. The maximum absolute atomic E-state index is 12.1. The molecule has 3 rings (SSSR count). The van der Waals surface area contributed by atoms with E-state index in [-0.39, 0.29) is 11.8 Å². The molecule has 4 heteroatoms. The largest absolute Gasteiger partial charge is 0.310 e. The van der Waals surface area contributed by atoms with Gasteiger partial charge in [0.25, 0.3) is 0 Å². The Morgan fingerprint density at radius 2 is 1.86 bits per heavy atom. The summed E-state index contributed by atoms with van der Waals surface area (Å²) >= 11 is 0. The summed E-state index contributed by atoms with van der Waals surface area (Å²) < 4.78 is 1.93. The van der Waals surface area contributed by atoms with Crippen LogP contribution in [0.2, 0.25) is 0 Å². The summed E-state index contributed by atoms with van der Waals surface area (Å²) in [5.74, 6) is 0.692. The first-order valence-corrected chi connectivity index (χ1v) is 7.46. The Morgan fingerprint density at radius 3 is 2.59 bits per heavy atom. The van der Waals surface area contributed by atoms with Crippen molar-refractivity contribution in [1.82, 2.24) is 9.38 Å². The number of hydrogen-bond acceptors (Lipinski definition) is 2. The van der Waals surface area contributed by atoms with Crippen LogP contribution in [0.15, 0.2) is 54.7 Å². The Balaban J connectivity index is 2.02. The Hall–Kier alpha value is -2.62. The number of nitrogens with zero attached hydrogens (tertiary/aromatic N) is 2. The topological polar surface area (TPSA) is 46.4 Å². The lowest BCUT2D eigenvalue weighted by Gasteiger charge is -2.09. The average molecular weight is 293 g/mol. The van der Waals surface area contributed by atoms with Gasteiger partial charge in [0.1, 0.15) is 11.5 Å². The molecular weight excluding hydrogens is 274 g/mol. The predicted molar refractivity (Wildman–Crippen MR) is 87.9 cm³/mol. The minimum absolute atomic E-state index is 0.0000326. The highest BCUT2D eigenvalue weighted by atomic mass is 16.1. The number of pyridine rings is 1. The summed E-state index contributed by atoms with van der Waals surface area (Å²) in [7, 11) is 0. The first kappa shape index (κ1) is 14.3. The van der Waals surface area contributed by atoms with Crippen molar-refractivity contribution in [2.24, 2.45) is 5.92 Å². The fourth-order valence-corrected chi connectivity index (χ4v) is 2.35. The maximum atomic E-state index is 12.1. The van der Waals surface area contributed by atoms with Crippen molar-refractivity contribution in [3.8, 4) is 0 Å². The number of nitrogens with one attached hydrogen (secondary N) is 1. The van der Waals surface area contributed by atoms with Crippen molar-refractivity contribution in [3.05, 3.63) is 66.0 Å². The Kier molecular flexibility index (Phi) is 3.92. The molecule has 0 saturated carbocycles. The van der Waals surface area contributed by atoms with E-state index in [2.05, 4.69) is 22.4 Å². The molecule has 0 fully saturated rings. The molecule has 0 radical (unpaired) electrons. The van der Waals surface area contributed by atoms with E-state index in [9.17, 15) is 4.79 Å². The van der Waals surface area contributed by atoms with E-state index < -0.39 is 0 Å². The lowest BCUT2D eigenvalue weighted by molar-refractivity contribution is -0.118. The van der Waals surface area contributed by atoms with Gasteiger partial charge in [0.15, 0.2) is 0 Å². The minimum atomic E-state index is -0.0705. The van der Waals surface area contributed by atoms with Gasteiger partial charge >= 0.3 is 0 Å². The van der Waals surface area contributed by atoms with E-state index in [1.807, 2.05) is 60.8 Å². The molecule has 1 N–H and O–H groups in total. The van der Waals surface area contributed by atoms with E-state index in [0.717, 1.165) is 17.2 Å². The second-order valence-corrected chi connectivity index (χ2v) is 5.64. The van der Waals surface area contributed by atoms with Crippen LogP contribution >= 0.6 is 0 Å². The highest BCUT2D eigenvalue weighted by molar-refractivity contribution is 5.92. The van der Waals surface area contributed by atoms with Crippen LogP contribution in [0.3, 0.4) is 0 Å². The fraction of sp³-hybridized carbons (Fsp3) is 0.222. The van der Waals surface area contributed by atoms with Crippen molar-refractivity contribution in [1.29, 1.82) is 0 Å². The van der Waals surface area contributed by atoms with Gasteiger partial charge in [-0.15, -0.1) is 0 Å². The first-order valence-electron chi connectivity index (χ1n) is 7.46. The van der Waals surface area contributed by atoms with Crippen LogP contribution in [0, 0.1) is 5.92 Å². The second-order valence-electron chi connectivity index (χ2n) is 5.64. The molecule has 0 aliphatic heterocycles. The number of aromatic nitrogens is 2. The molecular formula is C18H19N3O. The number of amides is 1. The summed E-state index contributed by atoms with van der Waals surface area (Å²) in [6.07, 6.45) is 2.61. The maximum Gasteiger partial charge on any atom is 0.228 e. The van der Waals surface area contributed by atoms with E-state index in [0.29, 0.717) is 6.42 Å². The number of carbonyl (C=O) groups excluding carboxylic acids is 1. The molecule has 2 heterocycles. The van der Waals surface area contributed by atoms with Gasteiger partial charge in [-0.1, -0.05) is 50.2 Å². The smallest absolute Gasteiger partial charge is 0.228 e. The second kappa shape index (κ2) is 6.02. The monoisotopic (exact) mass is 293 g/mol. The summed E-state index contributed by atoms with van der Waals surface area (Å²) in [5.41, 5.74) is 2.89. The third kappa shape index (κ3) is 2.86. The molecule has 0 spiro atoms. The van der Waals surface area contributed by atoms with Crippen LogP contribution < -0.4 is 5.32 Å². The van der Waals surface area contributed by atoms with Crippen LogP contribution in [-0.2, 0) is 11.2 Å². The molecule has 0 atom stereocenters. The van der Waals surface area contributed by atoms with Crippen molar-refractivity contribution in [2.45, 2.75) is 20.3 Å². The number of hydrogen-bond donors (Lipinski definition) is 1. The van der Waals surface area contributed by atoms with E-state index in [1.165, 1.54) is 5.56 Å². The standard InChI is InChI=1S/C18H19N3O/c1-13(2)18(22)20-17-15(12-14-8-4-3-5-9-14)19-16-10-6-7-11-21(16)17/h3-11,13H,12H2,1-2H3,(H,20,22). The molecule has 0 saturated heterocycles. The van der Waals surface area contributed by atoms with Gasteiger partial charge in [-0.2, -0.15) is 0 Å². The highest BCUT2D eigenvalue weighted by Gasteiger charge is 2.16. The van der Waals surface area contributed by atoms with Gasteiger partial charge in [0.05, 0.1) is 5.69 Å². The van der Waals surface area contributed by atoms with Crippen LogP contribution in [-0.4, -0.2) is 15.3 Å². The van der Waals surface area contributed by atoms with Crippen molar-refractivity contribution in [2.75, 3.05) is 5.32 Å². The molecule has 0 aliphatic rings. The third-order valence-electron chi connectivity index (χ3n) is 3.58. The molecule has 1 aromatic carbocycles. The Bertz CT molecular complexity index is 790. The molecule has 3 aromatic rings. The van der Waals surface area contributed by atoms with E-state index >= 15 is 0 Å². The van der Waals surface area contributed by atoms with E-state index in [4.69, 9.17) is 0 Å². The highest BCUT2D eigenvalue weighted by Crippen LogP contribution is 2.21. The Labute approximate surface area is 129 Å². The number of carbonyl (C=O) groups is 1. The number of fused-ring (bicyclic) bond motifs is 1. The van der Waals surface area contributed by atoms with Crippen LogP contribution in [0.1, 0.15) is 25.1 Å². The van der Waals surface area contributed by atoms with Crippen molar-refractivity contribution in [3.63, 3.8) is 0 Å². The normalized spacial score (nSPS) is 11.0. The fourth-order valence-electron chi connectivity index (χ4n) is 2.35. The van der Waals surface area contributed by atoms with Gasteiger partial charge in [0.2, 0.25) is 5.91 Å². The quantitative estimate of drug-likeness (QED) is 0.800. The SMILES string of the molecule is CC(C)C(=O)Nc1c(Cc2ccccc2)nc2ccccn12. The van der Waals surface area contributed by atoms with E-state index in [1.54, 1.807) is 0 Å². The lowest BCUT2D eigenvalue weighted by Crippen LogP contribution is -2.19. The van der Waals surface area contributed by atoms with Gasteiger partial charge < -0.3 is 5.32 Å². The lowest BCUT2D eigenvalue weighted by atomic mass is 10.1. The minimum Gasteiger partial charge on any atom is -0.310 e. The number of imidazole rings is 1. The molecule has 0 aliphatic carbocycles. The summed E-state index contributed by atoms with van der Waals surface area (Å²) in [6.45, 7) is 3.77.